The Bertz CT molecular complexity index is 790. The molecular formula is C21H30N4O6. The van der Waals surface area contributed by atoms with Crippen molar-refractivity contribution in [3.05, 3.63) is 29.8 Å². The molecule has 10 nitrogen and oxygen atoms in total. The highest BCUT2D eigenvalue weighted by molar-refractivity contribution is 5.92. The quantitative estimate of drug-likeness (QED) is 0.290. The van der Waals surface area contributed by atoms with Gasteiger partial charge in [0.25, 0.3) is 0 Å². The molecule has 0 radical (unpaired) electrons. The van der Waals surface area contributed by atoms with Gasteiger partial charge in [0.15, 0.2) is 0 Å². The number of rotatable bonds is 10. The summed E-state index contributed by atoms with van der Waals surface area (Å²) in [6.07, 6.45) is 1.63. The maximum atomic E-state index is 12.7. The Kier molecular flexibility index (Phi) is 8.80. The van der Waals surface area contributed by atoms with Gasteiger partial charge in [-0.05, 0) is 43.0 Å². The summed E-state index contributed by atoms with van der Waals surface area (Å²) >= 11 is 0. The number of carboxylic acid groups (broad SMARTS) is 1. The molecule has 1 heterocycles. The van der Waals surface area contributed by atoms with Gasteiger partial charge in [-0.15, -0.1) is 0 Å². The number of hydrogen-bond acceptors (Lipinski definition) is 6. The summed E-state index contributed by atoms with van der Waals surface area (Å²) in [6, 6.07) is 3.53. The summed E-state index contributed by atoms with van der Waals surface area (Å²) in [5.74, 6) is -2.90. The number of nitrogens with one attached hydrogen (secondary N) is 4. The third-order valence-corrected chi connectivity index (χ3v) is 5.06. The summed E-state index contributed by atoms with van der Waals surface area (Å²) in [7, 11) is 0. The van der Waals surface area contributed by atoms with Gasteiger partial charge in [-0.1, -0.05) is 26.0 Å². The minimum Gasteiger partial charge on any atom is -0.508 e. The van der Waals surface area contributed by atoms with E-state index in [1.807, 2.05) is 0 Å². The summed E-state index contributed by atoms with van der Waals surface area (Å²) in [6.45, 7) is 3.93. The van der Waals surface area contributed by atoms with E-state index in [-0.39, 0.29) is 36.6 Å². The predicted octanol–water partition coefficient (Wildman–Crippen LogP) is -0.487. The molecule has 31 heavy (non-hydrogen) atoms. The van der Waals surface area contributed by atoms with Crippen LogP contribution in [0.4, 0.5) is 0 Å². The highest BCUT2D eigenvalue weighted by atomic mass is 16.4. The summed E-state index contributed by atoms with van der Waals surface area (Å²) < 4.78 is 0. The molecule has 0 spiro atoms. The second-order valence-electron chi connectivity index (χ2n) is 7.93. The number of phenols is 1. The Labute approximate surface area is 180 Å². The lowest BCUT2D eigenvalue weighted by atomic mass is 10.0. The molecule has 1 aliphatic heterocycles. The largest absolute Gasteiger partial charge is 0.508 e. The first-order valence-electron chi connectivity index (χ1n) is 10.3. The lowest BCUT2D eigenvalue weighted by Crippen LogP contribution is -2.55. The first kappa shape index (κ1) is 24.1. The van der Waals surface area contributed by atoms with Crippen molar-refractivity contribution < 1.29 is 29.4 Å². The minimum absolute atomic E-state index is 0.0184. The number of aliphatic carboxylic acids is 1. The van der Waals surface area contributed by atoms with Crippen LogP contribution in [0.5, 0.6) is 5.75 Å². The zero-order valence-electron chi connectivity index (χ0n) is 17.7. The number of carboxylic acids is 1. The van der Waals surface area contributed by atoms with Gasteiger partial charge < -0.3 is 31.5 Å². The van der Waals surface area contributed by atoms with Crippen LogP contribution in [0.2, 0.25) is 0 Å². The van der Waals surface area contributed by atoms with E-state index in [0.29, 0.717) is 12.0 Å². The second-order valence-corrected chi connectivity index (χ2v) is 7.93. The van der Waals surface area contributed by atoms with E-state index in [1.54, 1.807) is 26.0 Å². The fourth-order valence-corrected chi connectivity index (χ4v) is 3.29. The smallest absolute Gasteiger partial charge is 0.326 e. The van der Waals surface area contributed by atoms with Gasteiger partial charge in [0.1, 0.15) is 17.8 Å². The third kappa shape index (κ3) is 7.56. The maximum Gasteiger partial charge on any atom is 0.326 e. The normalized spacial score (nSPS) is 17.6. The predicted molar refractivity (Wildman–Crippen MR) is 112 cm³/mol. The molecule has 0 aromatic heterocycles. The van der Waals surface area contributed by atoms with Crippen molar-refractivity contribution in [1.29, 1.82) is 0 Å². The molecule has 0 unspecified atom stereocenters. The summed E-state index contributed by atoms with van der Waals surface area (Å²) in [4.78, 5) is 48.6. The van der Waals surface area contributed by atoms with Gasteiger partial charge in [0, 0.05) is 6.42 Å². The standard InChI is InChI=1S/C21H30N4O6/c1-12(2)18(25-17(27)11-23-19(28)15-4-3-9-22-15)20(29)24-16(21(30)31)10-13-5-7-14(26)8-6-13/h5-8,12,15-16,18,22,26H,3-4,9-11H2,1-2H3,(H,23,28)(H,24,29)(H,25,27)(H,30,31)/t15-,16-,18-/m0/s1. The van der Waals surface area contributed by atoms with Gasteiger partial charge in [-0.2, -0.15) is 0 Å². The first-order chi connectivity index (χ1) is 14.7. The van der Waals surface area contributed by atoms with Crippen LogP contribution in [0.15, 0.2) is 24.3 Å². The molecule has 2 rings (SSSR count). The van der Waals surface area contributed by atoms with Crippen LogP contribution >= 0.6 is 0 Å². The van der Waals surface area contributed by atoms with Crippen molar-refractivity contribution in [2.45, 2.75) is 51.2 Å². The van der Waals surface area contributed by atoms with Gasteiger partial charge in [0.2, 0.25) is 17.7 Å². The van der Waals surface area contributed by atoms with Crippen molar-refractivity contribution in [3.8, 4) is 5.75 Å². The number of aromatic hydroxyl groups is 1. The van der Waals surface area contributed by atoms with Crippen molar-refractivity contribution >= 4 is 23.7 Å². The Morgan fingerprint density at radius 3 is 2.35 bits per heavy atom. The van der Waals surface area contributed by atoms with E-state index in [2.05, 4.69) is 21.3 Å². The molecule has 6 N–H and O–H groups in total. The molecule has 1 aromatic rings. The van der Waals surface area contributed by atoms with Crippen LogP contribution in [-0.4, -0.2) is 65.1 Å². The lowest BCUT2D eigenvalue weighted by Gasteiger charge is -2.24. The number of amides is 3. The van der Waals surface area contributed by atoms with E-state index in [4.69, 9.17) is 0 Å². The van der Waals surface area contributed by atoms with Crippen LogP contribution in [0.1, 0.15) is 32.3 Å². The third-order valence-electron chi connectivity index (χ3n) is 5.06. The maximum absolute atomic E-state index is 12.7. The summed E-state index contributed by atoms with van der Waals surface area (Å²) in [5, 5.41) is 29.4. The van der Waals surface area contributed by atoms with Crippen molar-refractivity contribution in [2.75, 3.05) is 13.1 Å². The second kappa shape index (κ2) is 11.3. The minimum atomic E-state index is -1.22. The van der Waals surface area contributed by atoms with Gasteiger partial charge in [0.05, 0.1) is 12.6 Å². The zero-order valence-corrected chi connectivity index (χ0v) is 17.7. The van der Waals surface area contributed by atoms with Crippen LogP contribution in [0, 0.1) is 5.92 Å². The lowest BCUT2D eigenvalue weighted by molar-refractivity contribution is -0.142. The average molecular weight is 434 g/mol. The molecule has 1 fully saturated rings. The zero-order chi connectivity index (χ0) is 23.0. The fraction of sp³-hybridized carbons (Fsp3) is 0.524. The molecule has 3 atom stereocenters. The van der Waals surface area contributed by atoms with Crippen molar-refractivity contribution in [3.63, 3.8) is 0 Å². The van der Waals surface area contributed by atoms with E-state index in [0.717, 1.165) is 13.0 Å². The average Bonchev–Trinajstić information content (AvgIpc) is 3.25. The molecule has 170 valence electrons. The molecule has 1 aromatic carbocycles. The van der Waals surface area contributed by atoms with Gasteiger partial charge in [-0.25, -0.2) is 4.79 Å². The van der Waals surface area contributed by atoms with Gasteiger partial charge >= 0.3 is 5.97 Å². The summed E-state index contributed by atoms with van der Waals surface area (Å²) in [5.41, 5.74) is 0.624. The molecule has 1 aliphatic rings. The van der Waals surface area contributed by atoms with E-state index < -0.39 is 29.9 Å². The van der Waals surface area contributed by atoms with Crippen LogP contribution < -0.4 is 21.3 Å². The Balaban J connectivity index is 1.92. The van der Waals surface area contributed by atoms with Crippen LogP contribution in [0.3, 0.4) is 0 Å². The van der Waals surface area contributed by atoms with Crippen molar-refractivity contribution in [2.24, 2.45) is 5.92 Å². The molecule has 0 bridgehead atoms. The van der Waals surface area contributed by atoms with Crippen LogP contribution in [0.25, 0.3) is 0 Å². The number of carbonyl (C=O) groups is 4. The van der Waals surface area contributed by atoms with E-state index in [1.165, 1.54) is 12.1 Å². The van der Waals surface area contributed by atoms with Crippen LogP contribution in [-0.2, 0) is 25.6 Å². The monoisotopic (exact) mass is 434 g/mol. The Morgan fingerprint density at radius 2 is 1.81 bits per heavy atom. The number of hydrogen-bond donors (Lipinski definition) is 6. The highest BCUT2D eigenvalue weighted by Crippen LogP contribution is 2.12. The number of benzene rings is 1. The number of carbonyl (C=O) groups excluding carboxylic acids is 3. The number of phenolic OH excluding ortho intramolecular Hbond substituents is 1. The Hall–Kier alpha value is -3.14. The van der Waals surface area contributed by atoms with Crippen molar-refractivity contribution in [1.82, 2.24) is 21.3 Å². The Morgan fingerprint density at radius 1 is 1.13 bits per heavy atom. The van der Waals surface area contributed by atoms with E-state index in [9.17, 15) is 29.4 Å². The van der Waals surface area contributed by atoms with Gasteiger partial charge in [-0.3, -0.25) is 14.4 Å². The topological polar surface area (TPSA) is 157 Å². The molecule has 0 saturated carbocycles. The molecule has 3 amide bonds. The van der Waals surface area contributed by atoms with E-state index >= 15 is 0 Å². The SMILES string of the molecule is CC(C)[C@H](NC(=O)CNC(=O)[C@@H]1CCCN1)C(=O)N[C@@H](Cc1ccc(O)cc1)C(=O)O. The fourth-order valence-electron chi connectivity index (χ4n) is 3.29. The molecule has 0 aliphatic carbocycles. The molecule has 1 saturated heterocycles. The molecular weight excluding hydrogens is 404 g/mol. The molecule has 10 heteroatoms. The highest BCUT2D eigenvalue weighted by Gasteiger charge is 2.29. The first-order valence-corrected chi connectivity index (χ1v) is 10.3.